The van der Waals surface area contributed by atoms with Crippen LogP contribution >= 0.6 is 0 Å². The highest BCUT2D eigenvalue weighted by Gasteiger charge is 2.25. The largest absolute Gasteiger partial charge is 0.339 e. The van der Waals surface area contributed by atoms with E-state index in [0.717, 1.165) is 25.7 Å². The van der Waals surface area contributed by atoms with Gasteiger partial charge in [-0.05, 0) is 31.0 Å². The average Bonchev–Trinajstić information content (AvgIpc) is 2.97. The Bertz CT molecular complexity index is 553. The fourth-order valence-corrected chi connectivity index (χ4v) is 2.60. The van der Waals surface area contributed by atoms with Crippen molar-refractivity contribution in [3.8, 4) is 11.8 Å². The number of nitrogens with two attached hydrogens (primary N) is 1. The Kier molecular flexibility index (Phi) is 4.75. The van der Waals surface area contributed by atoms with Crippen LogP contribution in [0.25, 0.3) is 0 Å². The number of nitrogens with zero attached hydrogens (tertiary/aromatic N) is 1. The molecule has 0 spiro atoms. The minimum absolute atomic E-state index is 0.0989. The Labute approximate surface area is 119 Å². The molecule has 0 saturated heterocycles. The lowest BCUT2D eigenvalue weighted by Gasteiger charge is -2.24. The number of amides is 1. The molecular formula is C16H19FN2O. The Morgan fingerprint density at radius 3 is 2.80 bits per heavy atom. The number of hydrogen-bond acceptors (Lipinski definition) is 2. The Balaban J connectivity index is 2.28. The molecule has 1 aromatic rings. The quantitative estimate of drug-likeness (QED) is 0.840. The van der Waals surface area contributed by atoms with Gasteiger partial charge < -0.3 is 10.6 Å². The first kappa shape index (κ1) is 14.5. The topological polar surface area (TPSA) is 46.3 Å². The van der Waals surface area contributed by atoms with Gasteiger partial charge in [0.25, 0.3) is 5.91 Å². The summed E-state index contributed by atoms with van der Waals surface area (Å²) in [6.07, 6.45) is 4.39. The van der Waals surface area contributed by atoms with Gasteiger partial charge in [0.15, 0.2) is 0 Å². The van der Waals surface area contributed by atoms with Gasteiger partial charge in [0.05, 0.1) is 12.1 Å². The number of benzene rings is 1. The lowest BCUT2D eigenvalue weighted by atomic mass is 10.1. The number of rotatable bonds is 2. The van der Waals surface area contributed by atoms with E-state index in [-0.39, 0.29) is 18.5 Å². The van der Waals surface area contributed by atoms with Gasteiger partial charge in [0.2, 0.25) is 0 Å². The molecule has 2 N–H and O–H groups in total. The minimum atomic E-state index is -0.397. The summed E-state index contributed by atoms with van der Waals surface area (Å²) in [5.41, 5.74) is 6.19. The molecule has 2 rings (SSSR count). The SMILES string of the molecule is CN(C(=O)c1ccc(F)cc1C#CCN)C1CCCC1. The Hall–Kier alpha value is -1.86. The van der Waals surface area contributed by atoms with Crippen LogP contribution in [0, 0.1) is 17.7 Å². The van der Waals surface area contributed by atoms with Crippen LogP contribution in [0.1, 0.15) is 41.6 Å². The lowest BCUT2D eigenvalue weighted by molar-refractivity contribution is 0.0735. The summed E-state index contributed by atoms with van der Waals surface area (Å²) in [7, 11) is 1.81. The smallest absolute Gasteiger partial charge is 0.255 e. The molecule has 0 unspecified atom stereocenters. The highest BCUT2D eigenvalue weighted by atomic mass is 19.1. The molecule has 0 aliphatic heterocycles. The molecule has 0 aromatic heterocycles. The second-order valence-corrected chi connectivity index (χ2v) is 5.05. The van der Waals surface area contributed by atoms with Gasteiger partial charge in [0, 0.05) is 18.7 Å². The van der Waals surface area contributed by atoms with Crippen molar-refractivity contribution in [1.29, 1.82) is 0 Å². The molecule has 0 heterocycles. The summed E-state index contributed by atoms with van der Waals surface area (Å²) >= 11 is 0. The number of hydrogen-bond donors (Lipinski definition) is 1. The Morgan fingerprint density at radius 2 is 2.15 bits per heavy atom. The molecule has 4 heteroatoms. The number of carbonyl (C=O) groups is 1. The van der Waals surface area contributed by atoms with Crippen LogP contribution in [0.3, 0.4) is 0 Å². The zero-order valence-electron chi connectivity index (χ0n) is 11.7. The molecule has 1 aliphatic carbocycles. The average molecular weight is 274 g/mol. The van der Waals surface area contributed by atoms with E-state index in [1.165, 1.54) is 18.2 Å². The van der Waals surface area contributed by atoms with Crippen molar-refractivity contribution in [2.45, 2.75) is 31.7 Å². The fraction of sp³-hybridized carbons (Fsp3) is 0.438. The first-order chi connectivity index (χ1) is 9.63. The van der Waals surface area contributed by atoms with Gasteiger partial charge in [0.1, 0.15) is 5.82 Å². The molecular weight excluding hydrogens is 255 g/mol. The summed E-state index contributed by atoms with van der Waals surface area (Å²) in [5.74, 6) is 4.96. The molecule has 1 aromatic carbocycles. The van der Waals surface area contributed by atoms with E-state index in [0.29, 0.717) is 11.1 Å². The third-order valence-electron chi connectivity index (χ3n) is 3.73. The Morgan fingerprint density at radius 1 is 1.45 bits per heavy atom. The maximum Gasteiger partial charge on any atom is 0.255 e. The molecule has 1 amide bonds. The van der Waals surface area contributed by atoms with Crippen molar-refractivity contribution >= 4 is 5.91 Å². The van der Waals surface area contributed by atoms with E-state index in [4.69, 9.17) is 5.73 Å². The normalized spacial score (nSPS) is 14.8. The van der Waals surface area contributed by atoms with E-state index in [1.54, 1.807) is 4.90 Å². The zero-order valence-corrected chi connectivity index (χ0v) is 11.7. The van der Waals surface area contributed by atoms with Gasteiger partial charge in [-0.15, -0.1) is 0 Å². The number of halogens is 1. The predicted octanol–water partition coefficient (Wildman–Crippen LogP) is 2.15. The lowest BCUT2D eigenvalue weighted by Crippen LogP contribution is -2.35. The molecule has 1 fully saturated rings. The van der Waals surface area contributed by atoms with E-state index >= 15 is 0 Å². The second-order valence-electron chi connectivity index (χ2n) is 5.05. The van der Waals surface area contributed by atoms with Gasteiger partial charge in [-0.2, -0.15) is 0 Å². The summed E-state index contributed by atoms with van der Waals surface area (Å²) < 4.78 is 13.3. The van der Waals surface area contributed by atoms with Crippen LogP contribution in [-0.2, 0) is 0 Å². The van der Waals surface area contributed by atoms with E-state index in [2.05, 4.69) is 11.8 Å². The highest BCUT2D eigenvalue weighted by Crippen LogP contribution is 2.24. The molecule has 0 atom stereocenters. The van der Waals surface area contributed by atoms with Crippen molar-refractivity contribution in [1.82, 2.24) is 4.90 Å². The molecule has 20 heavy (non-hydrogen) atoms. The third-order valence-corrected chi connectivity index (χ3v) is 3.73. The minimum Gasteiger partial charge on any atom is -0.339 e. The van der Waals surface area contributed by atoms with Crippen molar-refractivity contribution in [3.63, 3.8) is 0 Å². The van der Waals surface area contributed by atoms with Crippen molar-refractivity contribution in [2.24, 2.45) is 5.73 Å². The van der Waals surface area contributed by atoms with E-state index in [9.17, 15) is 9.18 Å². The van der Waals surface area contributed by atoms with Crippen molar-refractivity contribution in [3.05, 3.63) is 35.1 Å². The summed E-state index contributed by atoms with van der Waals surface area (Å²) in [6, 6.07) is 4.37. The highest BCUT2D eigenvalue weighted by molar-refractivity contribution is 5.96. The summed E-state index contributed by atoms with van der Waals surface area (Å²) in [5, 5.41) is 0. The van der Waals surface area contributed by atoms with Gasteiger partial charge in [-0.1, -0.05) is 24.7 Å². The van der Waals surface area contributed by atoms with E-state index in [1.807, 2.05) is 7.05 Å². The van der Waals surface area contributed by atoms with Crippen molar-refractivity contribution < 1.29 is 9.18 Å². The molecule has 0 bridgehead atoms. The summed E-state index contributed by atoms with van der Waals surface area (Å²) in [6.45, 7) is 0.183. The van der Waals surface area contributed by atoms with Crippen LogP contribution in [0.5, 0.6) is 0 Å². The van der Waals surface area contributed by atoms with Gasteiger partial charge >= 0.3 is 0 Å². The molecule has 0 radical (unpaired) electrons. The van der Waals surface area contributed by atoms with Gasteiger partial charge in [-0.25, -0.2) is 4.39 Å². The summed E-state index contributed by atoms with van der Waals surface area (Å²) in [4.78, 5) is 14.3. The zero-order chi connectivity index (χ0) is 14.5. The molecule has 1 aliphatic rings. The van der Waals surface area contributed by atoms with Crippen LogP contribution in [-0.4, -0.2) is 30.4 Å². The monoisotopic (exact) mass is 274 g/mol. The molecule has 106 valence electrons. The third kappa shape index (κ3) is 3.17. The van der Waals surface area contributed by atoms with Crippen LogP contribution < -0.4 is 5.73 Å². The van der Waals surface area contributed by atoms with Crippen molar-refractivity contribution in [2.75, 3.05) is 13.6 Å². The molecule has 1 saturated carbocycles. The second kappa shape index (κ2) is 6.53. The maximum absolute atomic E-state index is 13.3. The number of carbonyl (C=O) groups excluding carboxylic acids is 1. The van der Waals surface area contributed by atoms with Gasteiger partial charge in [-0.3, -0.25) is 4.79 Å². The first-order valence-electron chi connectivity index (χ1n) is 6.89. The van der Waals surface area contributed by atoms with Crippen LogP contribution in [0.15, 0.2) is 18.2 Å². The van der Waals surface area contributed by atoms with Crippen LogP contribution in [0.2, 0.25) is 0 Å². The standard InChI is InChI=1S/C16H19FN2O/c1-19(14-6-2-3-7-14)16(20)15-9-8-13(17)11-12(15)5-4-10-18/h8-9,11,14H,2-3,6-7,10,18H2,1H3. The first-order valence-corrected chi connectivity index (χ1v) is 6.89. The van der Waals surface area contributed by atoms with Crippen LogP contribution in [0.4, 0.5) is 4.39 Å². The predicted molar refractivity (Wildman–Crippen MR) is 76.7 cm³/mol. The molecule has 3 nitrogen and oxygen atoms in total. The fourth-order valence-electron chi connectivity index (χ4n) is 2.60. The maximum atomic E-state index is 13.3. The van der Waals surface area contributed by atoms with E-state index < -0.39 is 5.82 Å².